The van der Waals surface area contributed by atoms with E-state index in [0.29, 0.717) is 11.3 Å². The molecule has 0 fully saturated rings. The second-order valence-corrected chi connectivity index (χ2v) is 5.61. The van der Waals surface area contributed by atoms with E-state index in [1.807, 2.05) is 0 Å². The number of halogens is 2. The van der Waals surface area contributed by atoms with Crippen LogP contribution >= 0.6 is 0 Å². The summed E-state index contributed by atoms with van der Waals surface area (Å²) in [5.74, 6) is -0.909. The predicted molar refractivity (Wildman–Crippen MR) is 94.2 cm³/mol. The van der Waals surface area contributed by atoms with Crippen molar-refractivity contribution in [2.75, 3.05) is 7.11 Å². The number of alkyl halides is 2. The molecule has 0 spiro atoms. The number of hydrogen-bond acceptors (Lipinski definition) is 4. The highest BCUT2D eigenvalue weighted by Gasteiger charge is 2.29. The summed E-state index contributed by atoms with van der Waals surface area (Å²) in [7, 11) is 1.11. The van der Waals surface area contributed by atoms with Crippen LogP contribution in [-0.2, 0) is 4.74 Å². The zero-order valence-corrected chi connectivity index (χ0v) is 14.1. The van der Waals surface area contributed by atoms with Gasteiger partial charge in [-0.3, -0.25) is 10.1 Å². The highest BCUT2D eigenvalue weighted by molar-refractivity contribution is 5.99. The number of hydrogen-bond donors (Lipinski definition) is 0. The molecule has 0 atom stereocenters. The SMILES string of the molecule is COC(=O)c1c(C(F)F)cn(-c2ccccc2)c1-c1ccc([N+](=O)[O-])cc1. The van der Waals surface area contributed by atoms with Gasteiger partial charge in [0.15, 0.2) is 0 Å². The number of nitrogens with zero attached hydrogens (tertiary/aromatic N) is 2. The molecule has 1 aromatic heterocycles. The number of rotatable bonds is 5. The lowest BCUT2D eigenvalue weighted by Crippen LogP contribution is -2.06. The number of para-hydroxylation sites is 1. The lowest BCUT2D eigenvalue weighted by Gasteiger charge is -2.11. The number of ether oxygens (including phenoxy) is 1. The van der Waals surface area contributed by atoms with Crippen molar-refractivity contribution in [2.45, 2.75) is 6.43 Å². The van der Waals surface area contributed by atoms with E-state index in [4.69, 9.17) is 4.74 Å². The number of nitro benzene ring substituents is 1. The van der Waals surface area contributed by atoms with Gasteiger partial charge in [-0.1, -0.05) is 18.2 Å². The Bertz CT molecular complexity index is 983. The van der Waals surface area contributed by atoms with Crippen molar-refractivity contribution in [1.29, 1.82) is 0 Å². The fraction of sp³-hybridized carbons (Fsp3) is 0.105. The minimum Gasteiger partial charge on any atom is -0.465 e. The molecule has 8 heteroatoms. The molecule has 2 aromatic carbocycles. The summed E-state index contributed by atoms with van der Waals surface area (Å²) in [6, 6.07) is 14.0. The van der Waals surface area contributed by atoms with Gasteiger partial charge in [0.2, 0.25) is 0 Å². The molecule has 138 valence electrons. The molecular formula is C19H14F2N2O4. The number of carbonyl (C=O) groups is 1. The average Bonchev–Trinajstić information content (AvgIpc) is 3.09. The summed E-state index contributed by atoms with van der Waals surface area (Å²) in [4.78, 5) is 22.6. The molecule has 3 rings (SSSR count). The van der Waals surface area contributed by atoms with Crippen molar-refractivity contribution in [1.82, 2.24) is 4.57 Å². The Balaban J connectivity index is 2.31. The van der Waals surface area contributed by atoms with Crippen molar-refractivity contribution in [3.8, 4) is 16.9 Å². The first-order valence-electron chi connectivity index (χ1n) is 7.86. The van der Waals surface area contributed by atoms with Crippen LogP contribution in [0.5, 0.6) is 0 Å². The van der Waals surface area contributed by atoms with Gasteiger partial charge in [0.1, 0.15) is 0 Å². The van der Waals surface area contributed by atoms with E-state index in [2.05, 4.69) is 0 Å². The molecule has 0 amide bonds. The number of nitro groups is 1. The van der Waals surface area contributed by atoms with Crippen LogP contribution in [0.1, 0.15) is 22.3 Å². The number of benzene rings is 2. The zero-order chi connectivity index (χ0) is 19.6. The zero-order valence-electron chi connectivity index (χ0n) is 14.1. The quantitative estimate of drug-likeness (QED) is 0.367. The normalized spacial score (nSPS) is 10.8. The molecule has 0 aliphatic rings. The molecular weight excluding hydrogens is 358 g/mol. The lowest BCUT2D eigenvalue weighted by atomic mass is 10.0. The summed E-state index contributed by atoms with van der Waals surface area (Å²) >= 11 is 0. The Labute approximate surface area is 152 Å². The summed E-state index contributed by atoms with van der Waals surface area (Å²) in [5, 5.41) is 10.9. The molecule has 0 saturated heterocycles. The fourth-order valence-corrected chi connectivity index (χ4v) is 2.82. The molecule has 6 nitrogen and oxygen atoms in total. The maximum atomic E-state index is 13.6. The maximum Gasteiger partial charge on any atom is 0.340 e. The van der Waals surface area contributed by atoms with Gasteiger partial charge >= 0.3 is 5.97 Å². The second kappa shape index (κ2) is 7.36. The first-order valence-corrected chi connectivity index (χ1v) is 7.86. The molecule has 0 bridgehead atoms. The summed E-state index contributed by atoms with van der Waals surface area (Å²) in [6.45, 7) is 0. The van der Waals surface area contributed by atoms with Crippen LogP contribution in [-0.4, -0.2) is 22.6 Å². The molecule has 0 unspecified atom stereocenters. The van der Waals surface area contributed by atoms with Crippen LogP contribution < -0.4 is 0 Å². The minimum absolute atomic E-state index is 0.148. The molecule has 0 saturated carbocycles. The Kier molecular flexibility index (Phi) is 4.98. The van der Waals surface area contributed by atoms with E-state index < -0.39 is 22.9 Å². The third-order valence-corrected chi connectivity index (χ3v) is 4.05. The smallest absolute Gasteiger partial charge is 0.340 e. The van der Waals surface area contributed by atoms with Gasteiger partial charge in [-0.05, 0) is 29.8 Å². The van der Waals surface area contributed by atoms with Crippen LogP contribution in [0.3, 0.4) is 0 Å². The minimum atomic E-state index is -2.90. The molecule has 3 aromatic rings. The van der Waals surface area contributed by atoms with Crippen LogP contribution in [0.4, 0.5) is 14.5 Å². The lowest BCUT2D eigenvalue weighted by molar-refractivity contribution is -0.384. The number of esters is 1. The van der Waals surface area contributed by atoms with Crippen molar-refractivity contribution in [3.05, 3.63) is 82.0 Å². The number of non-ortho nitro benzene ring substituents is 1. The molecule has 0 aliphatic heterocycles. The van der Waals surface area contributed by atoms with E-state index in [9.17, 15) is 23.7 Å². The van der Waals surface area contributed by atoms with Gasteiger partial charge in [-0.25, -0.2) is 13.6 Å². The highest BCUT2D eigenvalue weighted by Crippen LogP contribution is 2.36. The third-order valence-electron chi connectivity index (χ3n) is 4.05. The monoisotopic (exact) mass is 372 g/mol. The van der Waals surface area contributed by atoms with E-state index in [1.165, 1.54) is 35.0 Å². The molecule has 0 N–H and O–H groups in total. The van der Waals surface area contributed by atoms with Crippen LogP contribution in [0.15, 0.2) is 60.8 Å². The Morgan fingerprint density at radius 1 is 1.11 bits per heavy atom. The third kappa shape index (κ3) is 3.41. The number of carbonyl (C=O) groups excluding carboxylic acids is 1. The van der Waals surface area contributed by atoms with Crippen molar-refractivity contribution >= 4 is 11.7 Å². The van der Waals surface area contributed by atoms with Crippen LogP contribution in [0.2, 0.25) is 0 Å². The average molecular weight is 372 g/mol. The summed E-state index contributed by atoms with van der Waals surface area (Å²) < 4.78 is 33.4. The van der Waals surface area contributed by atoms with Crippen LogP contribution in [0, 0.1) is 10.1 Å². The van der Waals surface area contributed by atoms with Gasteiger partial charge in [-0.15, -0.1) is 0 Å². The van der Waals surface area contributed by atoms with Gasteiger partial charge in [-0.2, -0.15) is 0 Å². The number of methoxy groups -OCH3 is 1. The van der Waals surface area contributed by atoms with E-state index in [1.54, 1.807) is 30.3 Å². The van der Waals surface area contributed by atoms with Gasteiger partial charge < -0.3 is 9.30 Å². The van der Waals surface area contributed by atoms with Crippen molar-refractivity contribution in [2.24, 2.45) is 0 Å². The Morgan fingerprint density at radius 2 is 1.74 bits per heavy atom. The standard InChI is InChI=1S/C19H14F2N2O4/c1-27-19(24)16-15(18(20)21)11-22(13-5-3-2-4-6-13)17(16)12-7-9-14(10-8-12)23(25)26/h2-11,18H,1H3. The second-order valence-electron chi connectivity index (χ2n) is 5.61. The first kappa shape index (κ1) is 18.2. The van der Waals surface area contributed by atoms with Crippen LogP contribution in [0.25, 0.3) is 16.9 Å². The predicted octanol–water partition coefficient (Wildman–Crippen LogP) is 4.78. The Hall–Kier alpha value is -3.55. The molecule has 0 aliphatic carbocycles. The van der Waals surface area contributed by atoms with Gasteiger partial charge in [0.25, 0.3) is 12.1 Å². The van der Waals surface area contributed by atoms with E-state index >= 15 is 0 Å². The van der Waals surface area contributed by atoms with Gasteiger partial charge in [0.05, 0.1) is 28.9 Å². The topological polar surface area (TPSA) is 74.4 Å². The molecule has 27 heavy (non-hydrogen) atoms. The summed E-state index contributed by atoms with van der Waals surface area (Å²) in [6.07, 6.45) is -1.72. The molecule has 1 heterocycles. The fourth-order valence-electron chi connectivity index (χ4n) is 2.82. The van der Waals surface area contributed by atoms with Crippen molar-refractivity contribution < 1.29 is 23.2 Å². The van der Waals surface area contributed by atoms with Crippen molar-refractivity contribution in [3.63, 3.8) is 0 Å². The maximum absolute atomic E-state index is 13.6. The highest BCUT2D eigenvalue weighted by atomic mass is 19.3. The Morgan fingerprint density at radius 3 is 2.26 bits per heavy atom. The molecule has 0 radical (unpaired) electrons. The summed E-state index contributed by atoms with van der Waals surface area (Å²) in [5.41, 5.74) is 0.215. The van der Waals surface area contributed by atoms with E-state index in [0.717, 1.165) is 7.11 Å². The number of aromatic nitrogens is 1. The first-order chi connectivity index (χ1) is 12.9. The van der Waals surface area contributed by atoms with Gasteiger partial charge in [0, 0.05) is 24.0 Å². The van der Waals surface area contributed by atoms with E-state index in [-0.39, 0.29) is 16.9 Å². The largest absolute Gasteiger partial charge is 0.465 e.